The van der Waals surface area contributed by atoms with E-state index in [-0.39, 0.29) is 5.91 Å². The summed E-state index contributed by atoms with van der Waals surface area (Å²) >= 11 is 0. The third-order valence-corrected chi connectivity index (χ3v) is 7.48. The van der Waals surface area contributed by atoms with Gasteiger partial charge in [-0.15, -0.1) is 0 Å². The van der Waals surface area contributed by atoms with Crippen LogP contribution in [0.2, 0.25) is 0 Å². The zero-order valence-corrected chi connectivity index (χ0v) is 20.7. The van der Waals surface area contributed by atoms with Crippen molar-refractivity contribution < 1.29 is 4.79 Å². The van der Waals surface area contributed by atoms with Gasteiger partial charge in [-0.3, -0.25) is 4.79 Å². The number of benzene rings is 2. The maximum atomic E-state index is 12.9. The summed E-state index contributed by atoms with van der Waals surface area (Å²) in [6.07, 6.45) is 14.1. The monoisotopic (exact) mass is 444 g/mol. The van der Waals surface area contributed by atoms with Crippen molar-refractivity contribution in [3.8, 4) is 11.1 Å². The first-order chi connectivity index (χ1) is 16.0. The molecule has 2 aromatic rings. The number of carbonyl (C=O) groups is 1. The highest BCUT2D eigenvalue weighted by Gasteiger charge is 2.18. The highest BCUT2D eigenvalue weighted by Crippen LogP contribution is 2.30. The molecule has 3 nitrogen and oxygen atoms in total. The first kappa shape index (κ1) is 23.6. The fourth-order valence-corrected chi connectivity index (χ4v) is 5.40. The lowest BCUT2D eigenvalue weighted by atomic mass is 9.93. The Labute approximate surface area is 200 Å². The fraction of sp³-hybridized carbons (Fsp3) is 0.500. The van der Waals surface area contributed by atoms with Crippen molar-refractivity contribution in [3.63, 3.8) is 0 Å². The van der Waals surface area contributed by atoms with Crippen molar-refractivity contribution in [2.75, 3.05) is 5.32 Å². The molecule has 0 aromatic heterocycles. The molecule has 2 aliphatic carbocycles. The third kappa shape index (κ3) is 6.07. The fourth-order valence-electron chi connectivity index (χ4n) is 5.40. The van der Waals surface area contributed by atoms with Crippen LogP contribution in [0.3, 0.4) is 0 Å². The summed E-state index contributed by atoms with van der Waals surface area (Å²) in [5.41, 5.74) is 8.20. The van der Waals surface area contributed by atoms with Gasteiger partial charge in [0.1, 0.15) is 0 Å². The molecule has 0 atom stereocenters. The van der Waals surface area contributed by atoms with E-state index in [1.54, 1.807) is 0 Å². The molecule has 0 radical (unpaired) electrons. The number of anilines is 1. The number of carbonyl (C=O) groups excluding carboxylic acids is 1. The molecule has 2 fully saturated rings. The van der Waals surface area contributed by atoms with E-state index < -0.39 is 0 Å². The van der Waals surface area contributed by atoms with Gasteiger partial charge in [0.15, 0.2) is 0 Å². The summed E-state index contributed by atoms with van der Waals surface area (Å²) in [6, 6.07) is 14.4. The van der Waals surface area contributed by atoms with Crippen LogP contribution in [0.25, 0.3) is 17.2 Å². The molecule has 33 heavy (non-hydrogen) atoms. The van der Waals surface area contributed by atoms with Crippen LogP contribution < -0.4 is 10.6 Å². The van der Waals surface area contributed by atoms with Gasteiger partial charge in [0.2, 0.25) is 5.91 Å². The first-order valence-corrected chi connectivity index (χ1v) is 13.0. The van der Waals surface area contributed by atoms with Crippen molar-refractivity contribution in [1.29, 1.82) is 0 Å². The number of hydrogen-bond acceptors (Lipinski definition) is 2. The Balaban J connectivity index is 1.49. The normalized spacial score (nSPS) is 17.8. The van der Waals surface area contributed by atoms with Crippen LogP contribution in [-0.2, 0) is 4.79 Å². The number of hydrogen-bond donors (Lipinski definition) is 2. The molecule has 4 rings (SSSR count). The van der Waals surface area contributed by atoms with Gasteiger partial charge in [0.05, 0.1) is 0 Å². The average Bonchev–Trinajstić information content (AvgIpc) is 3.33. The quantitative estimate of drug-likeness (QED) is 0.432. The Morgan fingerprint density at radius 3 is 2.18 bits per heavy atom. The summed E-state index contributed by atoms with van der Waals surface area (Å²) < 4.78 is 0. The van der Waals surface area contributed by atoms with Crippen LogP contribution in [0.1, 0.15) is 87.8 Å². The lowest BCUT2D eigenvalue weighted by Crippen LogP contribution is -2.36. The van der Waals surface area contributed by atoms with Gasteiger partial charge >= 0.3 is 0 Å². The second-order valence-electron chi connectivity index (χ2n) is 10.1. The molecule has 2 N–H and O–H groups in total. The van der Waals surface area contributed by atoms with E-state index in [0.717, 1.165) is 30.4 Å². The van der Waals surface area contributed by atoms with Crippen molar-refractivity contribution in [1.82, 2.24) is 5.32 Å². The Hall–Kier alpha value is -2.55. The minimum Gasteiger partial charge on any atom is -0.382 e. The minimum atomic E-state index is 0.107. The smallest absolute Gasteiger partial charge is 0.247 e. The predicted octanol–water partition coefficient (Wildman–Crippen LogP) is 7.57. The van der Waals surface area contributed by atoms with E-state index in [1.807, 2.05) is 0 Å². The lowest BCUT2D eigenvalue weighted by molar-refractivity contribution is -0.118. The van der Waals surface area contributed by atoms with E-state index in [9.17, 15) is 4.79 Å². The summed E-state index contributed by atoms with van der Waals surface area (Å²) in [6.45, 7) is 6.39. The Morgan fingerprint density at radius 1 is 0.879 bits per heavy atom. The Bertz CT molecular complexity index is 977. The summed E-state index contributed by atoms with van der Waals surface area (Å²) in [5.74, 6) is 0.107. The standard InChI is InChI=1S/C30H40N2O/c1-4-23(30(33)32-27-10-6-5-7-11-27)20-25-18-22(3)29(19-21(25)2)24-14-16-28(17-15-24)31-26-12-8-9-13-26/h14-20,26-27,31H,4-13H2,1-3H3,(H,32,33). The van der Waals surface area contributed by atoms with Crippen molar-refractivity contribution in [2.24, 2.45) is 0 Å². The van der Waals surface area contributed by atoms with Gasteiger partial charge in [-0.2, -0.15) is 0 Å². The summed E-state index contributed by atoms with van der Waals surface area (Å²) in [5, 5.41) is 6.96. The van der Waals surface area contributed by atoms with Crippen LogP contribution in [0.4, 0.5) is 5.69 Å². The minimum absolute atomic E-state index is 0.107. The molecule has 0 saturated heterocycles. The maximum absolute atomic E-state index is 12.9. The van der Waals surface area contributed by atoms with E-state index in [4.69, 9.17) is 0 Å². The molecule has 3 heteroatoms. The van der Waals surface area contributed by atoms with Crippen LogP contribution in [0.15, 0.2) is 42.0 Å². The second-order valence-corrected chi connectivity index (χ2v) is 10.1. The van der Waals surface area contributed by atoms with Gasteiger partial charge in [-0.05, 0) is 92.0 Å². The molecule has 2 saturated carbocycles. The zero-order valence-electron chi connectivity index (χ0n) is 20.7. The van der Waals surface area contributed by atoms with E-state index in [2.05, 4.69) is 73.9 Å². The molecular weight excluding hydrogens is 404 g/mol. The maximum Gasteiger partial charge on any atom is 0.247 e. The molecular formula is C30H40N2O. The molecule has 2 aliphatic rings. The van der Waals surface area contributed by atoms with Gasteiger partial charge < -0.3 is 10.6 Å². The molecule has 2 aromatic carbocycles. The molecule has 176 valence electrons. The number of rotatable bonds is 7. The second kappa shape index (κ2) is 11.0. The average molecular weight is 445 g/mol. The zero-order chi connectivity index (χ0) is 23.2. The van der Waals surface area contributed by atoms with Gasteiger partial charge in [0.25, 0.3) is 0 Å². The highest BCUT2D eigenvalue weighted by molar-refractivity contribution is 5.98. The van der Waals surface area contributed by atoms with Gasteiger partial charge in [0, 0.05) is 23.3 Å². The summed E-state index contributed by atoms with van der Waals surface area (Å²) in [7, 11) is 0. The third-order valence-electron chi connectivity index (χ3n) is 7.48. The van der Waals surface area contributed by atoms with Crippen molar-refractivity contribution in [2.45, 2.75) is 97.1 Å². The Kier molecular flexibility index (Phi) is 7.90. The van der Waals surface area contributed by atoms with Crippen LogP contribution in [0.5, 0.6) is 0 Å². The molecule has 1 amide bonds. The molecule has 0 unspecified atom stereocenters. The van der Waals surface area contributed by atoms with Crippen molar-refractivity contribution in [3.05, 3.63) is 58.7 Å². The van der Waals surface area contributed by atoms with Gasteiger partial charge in [-0.25, -0.2) is 0 Å². The molecule has 0 aliphatic heterocycles. The Morgan fingerprint density at radius 2 is 1.52 bits per heavy atom. The SMILES string of the molecule is CCC(=Cc1cc(C)c(-c2ccc(NC3CCCC3)cc2)cc1C)C(=O)NC1CCCCC1. The van der Waals surface area contributed by atoms with E-state index >= 15 is 0 Å². The molecule has 0 bridgehead atoms. The number of nitrogens with one attached hydrogen (secondary N) is 2. The number of aryl methyl sites for hydroxylation is 2. The summed E-state index contributed by atoms with van der Waals surface area (Å²) in [4.78, 5) is 12.9. The van der Waals surface area contributed by atoms with Gasteiger partial charge in [-0.1, -0.05) is 63.3 Å². The van der Waals surface area contributed by atoms with Crippen LogP contribution in [0, 0.1) is 13.8 Å². The van der Waals surface area contributed by atoms with Crippen LogP contribution in [-0.4, -0.2) is 18.0 Å². The number of amides is 1. The largest absolute Gasteiger partial charge is 0.382 e. The first-order valence-electron chi connectivity index (χ1n) is 13.0. The predicted molar refractivity (Wildman–Crippen MR) is 141 cm³/mol. The van der Waals surface area contributed by atoms with E-state index in [0.29, 0.717) is 12.1 Å². The van der Waals surface area contributed by atoms with E-state index in [1.165, 1.54) is 72.9 Å². The highest BCUT2D eigenvalue weighted by atomic mass is 16.1. The van der Waals surface area contributed by atoms with Crippen molar-refractivity contribution >= 4 is 17.7 Å². The molecule has 0 spiro atoms. The topological polar surface area (TPSA) is 41.1 Å². The van der Waals surface area contributed by atoms with Crippen LogP contribution >= 0.6 is 0 Å². The lowest BCUT2D eigenvalue weighted by Gasteiger charge is -2.23. The molecule has 0 heterocycles.